The first kappa shape index (κ1) is 22.6. The van der Waals surface area contributed by atoms with Crippen LogP contribution in [0.2, 0.25) is 0 Å². The van der Waals surface area contributed by atoms with Crippen molar-refractivity contribution in [3.05, 3.63) is 76.6 Å². The number of carbonyl (C=O) groups is 2. The molecule has 0 saturated carbocycles. The van der Waals surface area contributed by atoms with Crippen molar-refractivity contribution in [3.63, 3.8) is 0 Å². The zero-order valence-corrected chi connectivity index (χ0v) is 19.6. The van der Waals surface area contributed by atoms with Gasteiger partial charge >= 0.3 is 0 Å². The maximum absolute atomic E-state index is 13.1. The molecule has 3 heterocycles. The molecule has 2 aromatic heterocycles. The third-order valence-corrected chi connectivity index (χ3v) is 6.22. The van der Waals surface area contributed by atoms with Crippen LogP contribution in [0.1, 0.15) is 63.5 Å². The Labute approximate surface area is 194 Å². The molecule has 172 valence electrons. The molecule has 1 atom stereocenters. The lowest BCUT2D eigenvalue weighted by molar-refractivity contribution is 0.0758. The van der Waals surface area contributed by atoms with Crippen LogP contribution >= 0.6 is 0 Å². The first-order valence-corrected chi connectivity index (χ1v) is 11.4. The molecule has 1 aromatic carbocycles. The minimum Gasteiger partial charge on any atom is -0.340 e. The third kappa shape index (κ3) is 4.79. The Hall–Kier alpha value is -3.55. The molecule has 0 radical (unpaired) electrons. The third-order valence-electron chi connectivity index (χ3n) is 6.22. The zero-order chi connectivity index (χ0) is 23.5. The number of hydrogen-bond donors (Lipinski definition) is 1. The van der Waals surface area contributed by atoms with Gasteiger partial charge in [0.1, 0.15) is 11.5 Å². The fraction of sp³-hybridized carbons (Fsp3) is 0.400. The van der Waals surface area contributed by atoms with Crippen LogP contribution in [0.15, 0.2) is 42.6 Å². The van der Waals surface area contributed by atoms with Crippen molar-refractivity contribution in [2.75, 3.05) is 13.1 Å². The zero-order valence-electron chi connectivity index (χ0n) is 19.6. The first-order chi connectivity index (χ1) is 15.8. The van der Waals surface area contributed by atoms with Crippen LogP contribution in [0.5, 0.6) is 0 Å². The fourth-order valence-corrected chi connectivity index (χ4v) is 4.08. The Morgan fingerprint density at radius 1 is 1.00 bits per heavy atom. The standard InChI is InChI=1S/C25H30N6O2/c1-16(2)22(27-24(32)20-7-5-6-11-26-20)23-29-28-21-10-12-30(13-14-31(21)23)25(33)19-9-8-17(3)18(4)15-19/h5-9,11,15-16,22H,10,12-14H2,1-4H3,(H,27,32). The molecular weight excluding hydrogens is 416 g/mol. The molecule has 1 N–H and O–H groups in total. The van der Waals surface area contributed by atoms with Crippen molar-refractivity contribution in [3.8, 4) is 0 Å². The van der Waals surface area contributed by atoms with Gasteiger partial charge in [-0.25, -0.2) is 0 Å². The van der Waals surface area contributed by atoms with Gasteiger partial charge in [-0.2, -0.15) is 0 Å². The summed E-state index contributed by atoms with van der Waals surface area (Å²) in [5.74, 6) is 1.43. The monoisotopic (exact) mass is 446 g/mol. The maximum atomic E-state index is 13.1. The molecule has 8 nitrogen and oxygen atoms in total. The molecule has 33 heavy (non-hydrogen) atoms. The number of nitrogens with zero attached hydrogens (tertiary/aromatic N) is 5. The van der Waals surface area contributed by atoms with Gasteiger partial charge in [0.05, 0.1) is 6.04 Å². The van der Waals surface area contributed by atoms with Crippen molar-refractivity contribution in [2.24, 2.45) is 5.92 Å². The van der Waals surface area contributed by atoms with Gasteiger partial charge in [0.25, 0.3) is 11.8 Å². The van der Waals surface area contributed by atoms with Crippen molar-refractivity contribution in [2.45, 2.75) is 46.7 Å². The second-order valence-corrected chi connectivity index (χ2v) is 8.88. The molecule has 0 fully saturated rings. The van der Waals surface area contributed by atoms with Gasteiger partial charge in [-0.15, -0.1) is 10.2 Å². The summed E-state index contributed by atoms with van der Waals surface area (Å²) in [7, 11) is 0. The number of nitrogens with one attached hydrogen (secondary N) is 1. The SMILES string of the molecule is Cc1ccc(C(=O)N2CCc3nnc(C(NC(=O)c4ccccn4)C(C)C)n3CC2)cc1C. The van der Waals surface area contributed by atoms with E-state index >= 15 is 0 Å². The molecule has 8 heteroatoms. The normalized spacial score (nSPS) is 14.5. The van der Waals surface area contributed by atoms with E-state index in [0.29, 0.717) is 43.1 Å². The summed E-state index contributed by atoms with van der Waals surface area (Å²) in [6.45, 7) is 9.86. The summed E-state index contributed by atoms with van der Waals surface area (Å²) >= 11 is 0. The van der Waals surface area contributed by atoms with Gasteiger partial charge in [0, 0.05) is 37.8 Å². The molecule has 1 aliphatic heterocycles. The van der Waals surface area contributed by atoms with E-state index in [1.807, 2.05) is 50.8 Å². The number of amides is 2. The minimum absolute atomic E-state index is 0.0298. The number of hydrogen-bond acceptors (Lipinski definition) is 5. The van der Waals surface area contributed by atoms with Crippen molar-refractivity contribution < 1.29 is 9.59 Å². The van der Waals surface area contributed by atoms with Gasteiger partial charge in [-0.3, -0.25) is 14.6 Å². The Balaban J connectivity index is 1.52. The number of benzene rings is 1. The average molecular weight is 447 g/mol. The van der Waals surface area contributed by atoms with Crippen LogP contribution in [-0.4, -0.2) is 49.6 Å². The molecule has 3 aromatic rings. The summed E-state index contributed by atoms with van der Waals surface area (Å²) in [4.78, 5) is 31.9. The summed E-state index contributed by atoms with van der Waals surface area (Å²) in [6, 6.07) is 10.8. The molecule has 0 bridgehead atoms. The van der Waals surface area contributed by atoms with E-state index in [4.69, 9.17) is 0 Å². The molecular formula is C25H30N6O2. The summed E-state index contributed by atoms with van der Waals surface area (Å²) < 4.78 is 2.05. The lowest BCUT2D eigenvalue weighted by atomic mass is 10.0. The largest absolute Gasteiger partial charge is 0.340 e. The molecule has 2 amide bonds. The number of rotatable bonds is 5. The number of carbonyl (C=O) groups excluding carboxylic acids is 2. The van der Waals surface area contributed by atoms with Crippen molar-refractivity contribution in [1.82, 2.24) is 30.0 Å². The summed E-state index contributed by atoms with van der Waals surface area (Å²) in [5.41, 5.74) is 3.35. The maximum Gasteiger partial charge on any atom is 0.270 e. The van der Waals surface area contributed by atoms with Crippen LogP contribution in [0.3, 0.4) is 0 Å². The second kappa shape index (κ2) is 9.52. The summed E-state index contributed by atoms with van der Waals surface area (Å²) in [6.07, 6.45) is 2.21. The quantitative estimate of drug-likeness (QED) is 0.650. The molecule has 1 aliphatic rings. The van der Waals surface area contributed by atoms with E-state index in [9.17, 15) is 9.59 Å². The number of pyridine rings is 1. The number of aryl methyl sites for hydroxylation is 2. The van der Waals surface area contributed by atoms with E-state index in [0.717, 1.165) is 11.4 Å². The highest BCUT2D eigenvalue weighted by molar-refractivity contribution is 5.94. The number of fused-ring (bicyclic) bond motifs is 1. The Kier molecular flexibility index (Phi) is 6.53. The van der Waals surface area contributed by atoms with Crippen LogP contribution in [0.4, 0.5) is 0 Å². The second-order valence-electron chi connectivity index (χ2n) is 8.88. The van der Waals surface area contributed by atoms with Crippen LogP contribution in [0, 0.1) is 19.8 Å². The first-order valence-electron chi connectivity index (χ1n) is 11.4. The van der Waals surface area contributed by atoms with Gasteiger partial charge in [-0.05, 0) is 55.2 Å². The molecule has 1 unspecified atom stereocenters. The van der Waals surface area contributed by atoms with E-state index in [1.54, 1.807) is 24.4 Å². The molecule has 0 spiro atoms. The van der Waals surface area contributed by atoms with Crippen LogP contribution in [-0.2, 0) is 13.0 Å². The topological polar surface area (TPSA) is 93.0 Å². The smallest absolute Gasteiger partial charge is 0.270 e. The van der Waals surface area contributed by atoms with Crippen LogP contribution < -0.4 is 5.32 Å². The van der Waals surface area contributed by atoms with Gasteiger partial charge in [0.2, 0.25) is 0 Å². The lowest BCUT2D eigenvalue weighted by Crippen LogP contribution is -2.36. The average Bonchev–Trinajstić information content (AvgIpc) is 3.09. The van der Waals surface area contributed by atoms with E-state index in [-0.39, 0.29) is 23.8 Å². The van der Waals surface area contributed by atoms with Gasteiger partial charge in [0.15, 0.2) is 5.82 Å². The Morgan fingerprint density at radius 3 is 2.52 bits per heavy atom. The number of aromatic nitrogens is 4. The highest BCUT2D eigenvalue weighted by Crippen LogP contribution is 2.23. The van der Waals surface area contributed by atoms with Crippen molar-refractivity contribution >= 4 is 11.8 Å². The fourth-order valence-electron chi connectivity index (χ4n) is 4.08. The predicted molar refractivity (Wildman–Crippen MR) is 125 cm³/mol. The van der Waals surface area contributed by atoms with E-state index < -0.39 is 0 Å². The Morgan fingerprint density at radius 2 is 1.82 bits per heavy atom. The highest BCUT2D eigenvalue weighted by Gasteiger charge is 2.29. The van der Waals surface area contributed by atoms with Crippen molar-refractivity contribution in [1.29, 1.82) is 0 Å². The lowest BCUT2D eigenvalue weighted by Gasteiger charge is -2.23. The van der Waals surface area contributed by atoms with E-state index in [2.05, 4.69) is 25.1 Å². The summed E-state index contributed by atoms with van der Waals surface area (Å²) in [5, 5.41) is 11.9. The van der Waals surface area contributed by atoms with Crippen LogP contribution in [0.25, 0.3) is 0 Å². The molecule has 4 rings (SSSR count). The molecule has 0 aliphatic carbocycles. The minimum atomic E-state index is -0.317. The van der Waals surface area contributed by atoms with Gasteiger partial charge < -0.3 is 14.8 Å². The molecule has 0 saturated heterocycles. The van der Waals surface area contributed by atoms with Gasteiger partial charge in [-0.1, -0.05) is 26.0 Å². The predicted octanol–water partition coefficient (Wildman–Crippen LogP) is 3.12. The highest BCUT2D eigenvalue weighted by atomic mass is 16.2. The van der Waals surface area contributed by atoms with E-state index in [1.165, 1.54) is 5.56 Å². The Bertz CT molecular complexity index is 1150.